The summed E-state index contributed by atoms with van der Waals surface area (Å²) in [6.07, 6.45) is 5.10. The second-order valence-electron chi connectivity index (χ2n) is 10.3. The molecule has 0 spiro atoms. The lowest BCUT2D eigenvalue weighted by Crippen LogP contribution is -2.41. The van der Waals surface area contributed by atoms with E-state index in [1.165, 1.54) is 11.8 Å². The number of fused-ring (bicyclic) bond motifs is 2. The minimum atomic E-state index is -4.23. The molecule has 17 heteroatoms. The number of nitrogens with one attached hydrogen (secondary N) is 2. The Morgan fingerprint density at radius 2 is 1.51 bits per heavy atom. The Kier molecular flexibility index (Phi) is 11.5. The van der Waals surface area contributed by atoms with Crippen LogP contribution in [0.2, 0.25) is 10.0 Å². The van der Waals surface area contributed by atoms with E-state index in [0.717, 1.165) is 33.1 Å². The second kappa shape index (κ2) is 14.8. The third-order valence-electron chi connectivity index (χ3n) is 6.94. The number of allylic oxidation sites excluding steroid dienone is 3. The van der Waals surface area contributed by atoms with Crippen molar-refractivity contribution in [3.05, 3.63) is 75.4 Å². The maximum Gasteiger partial charge on any atom is 0.266 e. The van der Waals surface area contributed by atoms with Gasteiger partial charge in [0.05, 0.1) is 29.1 Å². The van der Waals surface area contributed by atoms with Crippen LogP contribution in [0.3, 0.4) is 0 Å². The summed E-state index contributed by atoms with van der Waals surface area (Å²) in [7, 11) is -8.45. The van der Waals surface area contributed by atoms with Crippen molar-refractivity contribution in [3.8, 4) is 0 Å². The molecule has 4 rings (SSSR count). The molecule has 0 fully saturated rings. The minimum absolute atomic E-state index is 0.0969. The van der Waals surface area contributed by atoms with Crippen molar-refractivity contribution in [3.63, 3.8) is 0 Å². The lowest BCUT2D eigenvalue weighted by Gasteiger charge is -2.25. The Morgan fingerprint density at radius 3 is 2.11 bits per heavy atom. The van der Waals surface area contributed by atoms with E-state index in [0.29, 0.717) is 22.9 Å². The number of hydrogen-bond acceptors (Lipinski definition) is 9. The van der Waals surface area contributed by atoms with Crippen molar-refractivity contribution < 1.29 is 35.5 Å². The van der Waals surface area contributed by atoms with Crippen molar-refractivity contribution in [2.75, 3.05) is 47.5 Å². The van der Waals surface area contributed by atoms with Gasteiger partial charge in [0, 0.05) is 45.8 Å². The van der Waals surface area contributed by atoms with Gasteiger partial charge < -0.3 is 20.4 Å². The monoisotopic (exact) mass is 718 g/mol. The van der Waals surface area contributed by atoms with Gasteiger partial charge in [-0.25, -0.2) is 0 Å². The molecule has 2 aliphatic heterocycles. The van der Waals surface area contributed by atoms with Crippen LogP contribution >= 0.6 is 35.0 Å². The first-order chi connectivity index (χ1) is 21.1. The number of thioether (sulfide) groups is 1. The van der Waals surface area contributed by atoms with Crippen molar-refractivity contribution in [2.24, 2.45) is 0 Å². The highest BCUT2D eigenvalue weighted by molar-refractivity contribution is 8.00. The molecule has 2 heterocycles. The van der Waals surface area contributed by atoms with Gasteiger partial charge >= 0.3 is 0 Å². The summed E-state index contributed by atoms with van der Waals surface area (Å²) in [6.45, 7) is 1.29. The SMILES string of the molecule is CCC(=CC1Sc2ccc(Cl)cc2N1CC(=O)NCCS(=O)(=O)O)C=C1Cc2ccc(Cl)cc2N1CC(=O)NCCS(=O)(=O)O. The molecule has 0 aromatic heterocycles. The minimum Gasteiger partial charge on any atom is -0.353 e. The van der Waals surface area contributed by atoms with E-state index in [4.69, 9.17) is 32.3 Å². The first-order valence-electron chi connectivity index (χ1n) is 13.8. The number of carbonyl (C=O) groups excluding carboxylic acids is 2. The van der Waals surface area contributed by atoms with Crippen LogP contribution in [0.4, 0.5) is 11.4 Å². The van der Waals surface area contributed by atoms with Crippen LogP contribution in [-0.4, -0.2) is 80.8 Å². The van der Waals surface area contributed by atoms with Gasteiger partial charge in [0.2, 0.25) is 11.8 Å². The first-order valence-corrected chi connectivity index (χ1v) is 18.6. The summed E-state index contributed by atoms with van der Waals surface area (Å²) in [6, 6.07) is 10.8. The molecule has 0 bridgehead atoms. The topological polar surface area (TPSA) is 173 Å². The maximum atomic E-state index is 12.8. The third kappa shape index (κ3) is 10.1. The van der Waals surface area contributed by atoms with Crippen LogP contribution in [0.5, 0.6) is 0 Å². The molecule has 0 saturated heterocycles. The highest BCUT2D eigenvalue weighted by atomic mass is 35.5. The van der Waals surface area contributed by atoms with Crippen LogP contribution in [0.1, 0.15) is 18.9 Å². The Labute approximate surface area is 276 Å². The first kappa shape index (κ1) is 35.1. The zero-order valence-electron chi connectivity index (χ0n) is 24.1. The lowest BCUT2D eigenvalue weighted by atomic mass is 10.1. The normalized spacial score (nSPS) is 17.4. The number of hydrogen-bond donors (Lipinski definition) is 4. The third-order valence-corrected chi connectivity index (χ3v) is 10.1. The standard InChI is InChI=1S/C28H32Cl2N4O8S3/c1-2-18(11-22-13-19-3-4-20(29)14-23(19)33(22)16-26(35)31-7-9-44(37,38)39)12-28-34(17-27(36)32-8-10-45(40,41)42)24-15-21(30)5-6-25(24)43-28/h3-6,11-12,14-15,28H,2,7-10,13,16-17H2,1H3,(H,31,35)(H,32,36)(H,37,38,39)(H,40,41,42). The van der Waals surface area contributed by atoms with E-state index in [1.807, 2.05) is 41.0 Å². The summed E-state index contributed by atoms with van der Waals surface area (Å²) in [4.78, 5) is 30.1. The molecule has 0 aliphatic carbocycles. The fraction of sp³-hybridized carbons (Fsp3) is 0.357. The van der Waals surface area contributed by atoms with E-state index in [9.17, 15) is 26.4 Å². The Bertz CT molecular complexity index is 1750. The van der Waals surface area contributed by atoms with Gasteiger partial charge in [-0.05, 0) is 60.0 Å². The number of rotatable bonds is 13. The summed E-state index contributed by atoms with van der Waals surface area (Å²) in [5.74, 6) is -2.08. The molecule has 2 amide bonds. The van der Waals surface area contributed by atoms with Crippen LogP contribution in [-0.2, 0) is 36.2 Å². The largest absolute Gasteiger partial charge is 0.353 e. The fourth-order valence-electron chi connectivity index (χ4n) is 4.86. The highest BCUT2D eigenvalue weighted by Gasteiger charge is 2.31. The summed E-state index contributed by atoms with van der Waals surface area (Å²) in [5, 5.41) is 5.69. The molecular weight excluding hydrogens is 687 g/mol. The van der Waals surface area contributed by atoms with Gasteiger partial charge in [0.15, 0.2) is 0 Å². The fourth-order valence-corrected chi connectivity index (χ4v) is 7.17. The molecule has 244 valence electrons. The van der Waals surface area contributed by atoms with Crippen LogP contribution in [0.25, 0.3) is 0 Å². The number of benzene rings is 2. The van der Waals surface area contributed by atoms with Crippen LogP contribution in [0, 0.1) is 0 Å². The molecule has 2 aliphatic rings. The summed E-state index contributed by atoms with van der Waals surface area (Å²) < 4.78 is 62.2. The van der Waals surface area contributed by atoms with E-state index >= 15 is 0 Å². The van der Waals surface area contributed by atoms with Crippen molar-refractivity contribution >= 4 is 78.4 Å². The summed E-state index contributed by atoms with van der Waals surface area (Å²) >= 11 is 14.1. The highest BCUT2D eigenvalue weighted by Crippen LogP contribution is 2.45. The van der Waals surface area contributed by atoms with Gasteiger partial charge in [0.1, 0.15) is 6.54 Å². The maximum absolute atomic E-state index is 12.8. The van der Waals surface area contributed by atoms with Crippen molar-refractivity contribution in [1.29, 1.82) is 0 Å². The molecule has 1 unspecified atom stereocenters. The smallest absolute Gasteiger partial charge is 0.266 e. The Hall–Kier alpha value is -2.79. The van der Waals surface area contributed by atoms with Crippen LogP contribution in [0.15, 0.2) is 64.7 Å². The number of halogens is 2. The van der Waals surface area contributed by atoms with E-state index < -0.39 is 43.6 Å². The van der Waals surface area contributed by atoms with E-state index in [-0.39, 0.29) is 31.6 Å². The number of carbonyl (C=O) groups is 2. The second-order valence-corrected chi connectivity index (χ2v) is 15.5. The molecule has 2 aromatic carbocycles. The van der Waals surface area contributed by atoms with Gasteiger partial charge in [-0.3, -0.25) is 18.7 Å². The van der Waals surface area contributed by atoms with Crippen molar-refractivity contribution in [1.82, 2.24) is 10.6 Å². The van der Waals surface area contributed by atoms with Crippen LogP contribution < -0.4 is 20.4 Å². The quantitative estimate of drug-likeness (QED) is 0.223. The van der Waals surface area contributed by atoms with E-state index in [2.05, 4.69) is 10.6 Å². The zero-order valence-corrected chi connectivity index (χ0v) is 28.0. The number of anilines is 2. The zero-order chi connectivity index (χ0) is 32.9. The van der Waals surface area contributed by atoms with Crippen molar-refractivity contribution in [2.45, 2.75) is 30.0 Å². The molecule has 0 saturated carbocycles. The molecule has 0 radical (unpaired) electrons. The van der Waals surface area contributed by atoms with Gasteiger partial charge in [-0.2, -0.15) is 16.8 Å². The van der Waals surface area contributed by atoms with Gasteiger partial charge in [0.25, 0.3) is 20.2 Å². The average molecular weight is 720 g/mol. The molecule has 45 heavy (non-hydrogen) atoms. The number of nitrogens with zero attached hydrogens (tertiary/aromatic N) is 2. The molecule has 2 aromatic rings. The Morgan fingerprint density at radius 1 is 0.933 bits per heavy atom. The van der Waals surface area contributed by atoms with Gasteiger partial charge in [-0.1, -0.05) is 48.0 Å². The predicted molar refractivity (Wildman–Crippen MR) is 176 cm³/mol. The van der Waals surface area contributed by atoms with Gasteiger partial charge in [-0.15, -0.1) is 0 Å². The number of amides is 2. The lowest BCUT2D eigenvalue weighted by molar-refractivity contribution is -0.120. The summed E-state index contributed by atoms with van der Waals surface area (Å²) in [5.41, 5.74) is 4.16. The molecule has 12 nitrogen and oxygen atoms in total. The Balaban J connectivity index is 1.59. The van der Waals surface area contributed by atoms with E-state index in [1.54, 1.807) is 24.3 Å². The molecular formula is C28H32Cl2N4O8S3. The molecule has 1 atom stereocenters. The average Bonchev–Trinajstić information content (AvgIpc) is 3.43. The molecule has 4 N–H and O–H groups in total. The predicted octanol–water partition coefficient (Wildman–Crippen LogP) is 3.52.